The Morgan fingerprint density at radius 3 is 2.93 bits per heavy atom. The molecule has 4 heteroatoms. The molecule has 0 aliphatic rings. The third-order valence-corrected chi connectivity index (χ3v) is 4.00. The minimum atomic E-state index is 0.407. The van der Waals surface area contributed by atoms with Gasteiger partial charge in [0.2, 0.25) is 0 Å². The Morgan fingerprint density at radius 1 is 1.64 bits per heavy atom. The van der Waals surface area contributed by atoms with Gasteiger partial charge in [0, 0.05) is 28.4 Å². The predicted molar refractivity (Wildman–Crippen MR) is 65.1 cm³/mol. The maximum atomic E-state index is 5.40. The van der Waals surface area contributed by atoms with Gasteiger partial charge < -0.3 is 10.1 Å². The van der Waals surface area contributed by atoms with Crippen LogP contribution in [0.25, 0.3) is 0 Å². The lowest BCUT2D eigenvalue weighted by molar-refractivity contribution is 0.125. The van der Waals surface area contributed by atoms with Crippen molar-refractivity contribution in [3.8, 4) is 0 Å². The van der Waals surface area contributed by atoms with Gasteiger partial charge in [-0.15, -0.1) is 11.3 Å². The summed E-state index contributed by atoms with van der Waals surface area (Å²) in [6.45, 7) is 3.58. The number of thiophene rings is 1. The molecule has 0 aliphatic carbocycles. The summed E-state index contributed by atoms with van der Waals surface area (Å²) in [7, 11) is 1.98. The average molecular weight is 278 g/mol. The highest BCUT2D eigenvalue weighted by atomic mass is 79.9. The van der Waals surface area contributed by atoms with Gasteiger partial charge in [0.05, 0.1) is 6.61 Å². The van der Waals surface area contributed by atoms with Crippen molar-refractivity contribution in [1.82, 2.24) is 5.32 Å². The van der Waals surface area contributed by atoms with Gasteiger partial charge in [0.15, 0.2) is 0 Å². The Hall–Kier alpha value is 0.1000. The zero-order valence-corrected chi connectivity index (χ0v) is 11.0. The number of hydrogen-bond acceptors (Lipinski definition) is 3. The molecule has 1 N–H and O–H groups in total. The van der Waals surface area contributed by atoms with Gasteiger partial charge in [0.1, 0.15) is 0 Å². The van der Waals surface area contributed by atoms with Gasteiger partial charge in [-0.25, -0.2) is 0 Å². The summed E-state index contributed by atoms with van der Waals surface area (Å²) in [5.41, 5.74) is 0. The second-order valence-corrected chi connectivity index (χ2v) is 4.90. The van der Waals surface area contributed by atoms with E-state index in [1.165, 1.54) is 9.35 Å². The van der Waals surface area contributed by atoms with E-state index < -0.39 is 0 Å². The van der Waals surface area contributed by atoms with Crippen LogP contribution in [0.2, 0.25) is 0 Å². The Labute approximate surface area is 97.8 Å². The van der Waals surface area contributed by atoms with E-state index in [1.807, 2.05) is 14.0 Å². The second-order valence-electron chi connectivity index (χ2n) is 3.04. The van der Waals surface area contributed by atoms with Gasteiger partial charge >= 0.3 is 0 Å². The average Bonchev–Trinajstić information content (AvgIpc) is 2.59. The highest BCUT2D eigenvalue weighted by molar-refractivity contribution is 9.10. The molecule has 1 unspecified atom stereocenters. The Balaban J connectivity index is 2.44. The summed E-state index contributed by atoms with van der Waals surface area (Å²) in [6.07, 6.45) is 1.02. The number of nitrogens with one attached hydrogen (secondary N) is 1. The lowest BCUT2D eigenvalue weighted by Crippen LogP contribution is -2.32. The van der Waals surface area contributed by atoms with E-state index in [0.717, 1.165) is 19.6 Å². The van der Waals surface area contributed by atoms with Crippen molar-refractivity contribution in [2.45, 2.75) is 19.4 Å². The zero-order chi connectivity index (χ0) is 10.4. The molecular formula is C10H16BrNOS. The topological polar surface area (TPSA) is 21.3 Å². The molecule has 0 aliphatic heterocycles. The molecule has 0 spiro atoms. The van der Waals surface area contributed by atoms with Crippen molar-refractivity contribution >= 4 is 27.3 Å². The first kappa shape index (κ1) is 12.2. The highest BCUT2D eigenvalue weighted by Crippen LogP contribution is 2.23. The Kier molecular flexibility index (Phi) is 5.70. The minimum absolute atomic E-state index is 0.407. The van der Waals surface area contributed by atoms with Crippen LogP contribution in [0.4, 0.5) is 0 Å². The van der Waals surface area contributed by atoms with Crippen LogP contribution in [0, 0.1) is 0 Å². The lowest BCUT2D eigenvalue weighted by Gasteiger charge is -2.15. The van der Waals surface area contributed by atoms with E-state index in [4.69, 9.17) is 4.74 Å². The molecule has 1 aromatic heterocycles. The molecule has 0 amide bonds. The molecule has 0 aromatic carbocycles. The van der Waals surface area contributed by atoms with Crippen LogP contribution in [0.1, 0.15) is 11.8 Å². The maximum Gasteiger partial charge on any atom is 0.0622 e. The molecule has 1 heterocycles. The fourth-order valence-corrected chi connectivity index (χ4v) is 2.79. The summed E-state index contributed by atoms with van der Waals surface area (Å²) < 4.78 is 6.61. The second kappa shape index (κ2) is 6.56. The van der Waals surface area contributed by atoms with E-state index in [2.05, 4.69) is 32.7 Å². The van der Waals surface area contributed by atoms with Crippen LogP contribution in [0.15, 0.2) is 15.9 Å². The molecule has 1 rings (SSSR count). The molecule has 1 atom stereocenters. The van der Waals surface area contributed by atoms with E-state index in [9.17, 15) is 0 Å². The molecule has 0 saturated heterocycles. The molecular weight excluding hydrogens is 262 g/mol. The lowest BCUT2D eigenvalue weighted by atomic mass is 10.2. The third-order valence-electron chi connectivity index (χ3n) is 2.05. The molecule has 0 bridgehead atoms. The van der Waals surface area contributed by atoms with E-state index >= 15 is 0 Å². The fourth-order valence-electron chi connectivity index (χ4n) is 1.20. The summed E-state index contributed by atoms with van der Waals surface area (Å²) >= 11 is 5.32. The van der Waals surface area contributed by atoms with Crippen molar-refractivity contribution in [3.63, 3.8) is 0 Å². The molecule has 0 radical (unpaired) electrons. The van der Waals surface area contributed by atoms with Crippen LogP contribution in [-0.2, 0) is 11.2 Å². The smallest absolute Gasteiger partial charge is 0.0622 e. The van der Waals surface area contributed by atoms with Gasteiger partial charge in [-0.2, -0.15) is 0 Å². The normalized spacial score (nSPS) is 13.1. The van der Waals surface area contributed by atoms with E-state index in [-0.39, 0.29) is 0 Å². The van der Waals surface area contributed by atoms with E-state index in [1.54, 1.807) is 11.3 Å². The standard InChI is InChI=1S/C10H16BrNOS/c1-3-13-7-8(12-2)6-10-9(11)4-5-14-10/h4-5,8,12H,3,6-7H2,1-2H3. The summed E-state index contributed by atoms with van der Waals surface area (Å²) in [5, 5.41) is 5.37. The van der Waals surface area contributed by atoms with Crippen LogP contribution in [-0.4, -0.2) is 26.3 Å². The van der Waals surface area contributed by atoms with Crippen LogP contribution in [0.3, 0.4) is 0 Å². The summed E-state index contributed by atoms with van der Waals surface area (Å²) in [4.78, 5) is 1.38. The molecule has 14 heavy (non-hydrogen) atoms. The zero-order valence-electron chi connectivity index (χ0n) is 8.55. The van der Waals surface area contributed by atoms with Crippen molar-refractivity contribution in [3.05, 3.63) is 20.8 Å². The molecule has 80 valence electrons. The predicted octanol–water partition coefficient (Wildman–Crippen LogP) is 2.68. The van der Waals surface area contributed by atoms with Crippen LogP contribution < -0.4 is 5.32 Å². The van der Waals surface area contributed by atoms with Crippen LogP contribution in [0.5, 0.6) is 0 Å². The monoisotopic (exact) mass is 277 g/mol. The largest absolute Gasteiger partial charge is 0.380 e. The number of ether oxygens (including phenoxy) is 1. The Bertz CT molecular complexity index is 264. The molecule has 0 saturated carbocycles. The summed E-state index contributed by atoms with van der Waals surface area (Å²) in [5.74, 6) is 0. The number of rotatable bonds is 6. The quantitative estimate of drug-likeness (QED) is 0.863. The van der Waals surface area contributed by atoms with E-state index in [0.29, 0.717) is 6.04 Å². The van der Waals surface area contributed by atoms with Gasteiger partial charge in [-0.3, -0.25) is 0 Å². The number of hydrogen-bond donors (Lipinski definition) is 1. The van der Waals surface area contributed by atoms with Crippen molar-refractivity contribution in [2.75, 3.05) is 20.3 Å². The van der Waals surface area contributed by atoms with Crippen molar-refractivity contribution < 1.29 is 4.74 Å². The van der Waals surface area contributed by atoms with Crippen molar-refractivity contribution in [1.29, 1.82) is 0 Å². The molecule has 1 aromatic rings. The first-order valence-corrected chi connectivity index (χ1v) is 6.42. The summed E-state index contributed by atoms with van der Waals surface area (Å²) in [6, 6.07) is 2.50. The fraction of sp³-hybridized carbons (Fsp3) is 0.600. The number of likely N-dealkylation sites (N-methyl/N-ethyl adjacent to an activating group) is 1. The van der Waals surface area contributed by atoms with Gasteiger partial charge in [-0.1, -0.05) is 0 Å². The third kappa shape index (κ3) is 3.69. The maximum absolute atomic E-state index is 5.40. The number of halogens is 1. The SMILES string of the molecule is CCOCC(Cc1sccc1Br)NC. The van der Waals surface area contributed by atoms with Gasteiger partial charge in [-0.05, 0) is 41.3 Å². The van der Waals surface area contributed by atoms with Crippen LogP contribution >= 0.6 is 27.3 Å². The Morgan fingerprint density at radius 2 is 2.43 bits per heavy atom. The molecule has 2 nitrogen and oxygen atoms in total. The minimum Gasteiger partial charge on any atom is -0.380 e. The first-order valence-electron chi connectivity index (χ1n) is 4.74. The van der Waals surface area contributed by atoms with Crippen molar-refractivity contribution in [2.24, 2.45) is 0 Å². The van der Waals surface area contributed by atoms with Gasteiger partial charge in [0.25, 0.3) is 0 Å². The first-order chi connectivity index (χ1) is 6.77. The highest BCUT2D eigenvalue weighted by Gasteiger charge is 2.10. The molecule has 0 fully saturated rings.